The van der Waals surface area contributed by atoms with Crippen molar-refractivity contribution in [3.8, 4) is 0 Å². The van der Waals surface area contributed by atoms with Crippen LogP contribution in [0.2, 0.25) is 0 Å². The number of anilines is 1. The first-order chi connectivity index (χ1) is 7.47. The Morgan fingerprint density at radius 2 is 2.19 bits per heavy atom. The van der Waals surface area contributed by atoms with E-state index in [1.54, 1.807) is 0 Å². The number of imidazole rings is 1. The lowest BCUT2D eigenvalue weighted by Gasteiger charge is -1.97. The van der Waals surface area contributed by atoms with E-state index in [-0.39, 0.29) is 0 Å². The summed E-state index contributed by atoms with van der Waals surface area (Å²) in [4.78, 5) is 7.98. The smallest absolute Gasteiger partial charge is 0.112 e. The Kier molecular flexibility index (Phi) is 1.90. The summed E-state index contributed by atoms with van der Waals surface area (Å²) in [6.07, 6.45) is 1.20. The van der Waals surface area contributed by atoms with E-state index in [9.17, 15) is 0 Å². The number of H-pyrrole nitrogens is 1. The van der Waals surface area contributed by atoms with Gasteiger partial charge in [0.15, 0.2) is 0 Å². The Morgan fingerprint density at radius 3 is 2.81 bits per heavy atom. The first-order valence-electron chi connectivity index (χ1n) is 5.42. The summed E-state index contributed by atoms with van der Waals surface area (Å²) in [7, 11) is 0. The third-order valence-electron chi connectivity index (χ3n) is 3.44. The van der Waals surface area contributed by atoms with Gasteiger partial charge in [-0.3, -0.25) is 0 Å². The molecule has 84 valence electrons. The molecule has 16 heavy (non-hydrogen) atoms. The van der Waals surface area contributed by atoms with Crippen molar-refractivity contribution in [2.45, 2.75) is 26.2 Å². The average Bonchev–Trinajstić information content (AvgIpc) is 2.64. The highest BCUT2D eigenvalue weighted by atomic mass is 79.9. The molecule has 1 saturated carbocycles. The number of nitrogens with zero attached hydrogens (tertiary/aromatic N) is 1. The number of halogens is 1. The highest BCUT2D eigenvalue weighted by Crippen LogP contribution is 2.57. The Morgan fingerprint density at radius 1 is 1.50 bits per heavy atom. The zero-order valence-corrected chi connectivity index (χ0v) is 10.9. The maximum atomic E-state index is 5.95. The van der Waals surface area contributed by atoms with Gasteiger partial charge in [-0.1, -0.05) is 29.8 Å². The SMILES string of the molecule is CC1(C)CC1c1nc2c(N)cc(Br)cc2[nH]1. The maximum Gasteiger partial charge on any atom is 0.112 e. The van der Waals surface area contributed by atoms with E-state index < -0.39 is 0 Å². The van der Waals surface area contributed by atoms with Crippen molar-refractivity contribution in [3.05, 3.63) is 22.4 Å². The van der Waals surface area contributed by atoms with E-state index in [1.165, 1.54) is 6.42 Å². The molecular formula is C12H14BrN3. The summed E-state index contributed by atoms with van der Waals surface area (Å²) in [6.45, 7) is 4.54. The van der Waals surface area contributed by atoms with Gasteiger partial charge in [-0.05, 0) is 24.0 Å². The Hall–Kier alpha value is -1.03. The summed E-state index contributed by atoms with van der Waals surface area (Å²) >= 11 is 3.44. The number of aromatic amines is 1. The van der Waals surface area contributed by atoms with Gasteiger partial charge < -0.3 is 10.7 Å². The second-order valence-electron chi connectivity index (χ2n) is 5.26. The van der Waals surface area contributed by atoms with Crippen LogP contribution in [0.25, 0.3) is 11.0 Å². The Bertz CT molecular complexity index is 571. The molecule has 2 aromatic rings. The molecule has 0 spiro atoms. The van der Waals surface area contributed by atoms with E-state index in [0.29, 0.717) is 11.3 Å². The second-order valence-corrected chi connectivity index (χ2v) is 6.17. The highest BCUT2D eigenvalue weighted by molar-refractivity contribution is 9.10. The van der Waals surface area contributed by atoms with Crippen LogP contribution in [0.3, 0.4) is 0 Å². The molecule has 4 heteroatoms. The maximum absolute atomic E-state index is 5.95. The van der Waals surface area contributed by atoms with E-state index in [0.717, 1.165) is 27.0 Å². The minimum atomic E-state index is 0.389. The van der Waals surface area contributed by atoms with Gasteiger partial charge in [0.05, 0.1) is 11.2 Å². The van der Waals surface area contributed by atoms with Crippen LogP contribution in [-0.2, 0) is 0 Å². The lowest BCUT2D eigenvalue weighted by Crippen LogP contribution is -1.91. The Balaban J connectivity index is 2.13. The number of rotatable bonds is 1. The minimum absolute atomic E-state index is 0.389. The quantitative estimate of drug-likeness (QED) is 0.786. The summed E-state index contributed by atoms with van der Waals surface area (Å²) in [5, 5.41) is 0. The molecule has 1 atom stereocenters. The van der Waals surface area contributed by atoms with Crippen LogP contribution in [-0.4, -0.2) is 9.97 Å². The molecule has 3 rings (SSSR count). The van der Waals surface area contributed by atoms with Crippen LogP contribution in [0, 0.1) is 5.41 Å². The van der Waals surface area contributed by atoms with Crippen molar-refractivity contribution < 1.29 is 0 Å². The zero-order valence-electron chi connectivity index (χ0n) is 9.34. The topological polar surface area (TPSA) is 54.7 Å². The standard InChI is InChI=1S/C12H14BrN3/c1-12(2)5-7(12)11-15-9-4-6(13)3-8(14)10(9)16-11/h3-4,7H,5,14H2,1-2H3,(H,15,16). The largest absolute Gasteiger partial charge is 0.397 e. The molecule has 1 aromatic heterocycles. The number of nitrogens with two attached hydrogens (primary N) is 1. The van der Waals surface area contributed by atoms with Crippen LogP contribution in [0.15, 0.2) is 16.6 Å². The first-order valence-corrected chi connectivity index (χ1v) is 6.21. The lowest BCUT2D eigenvalue weighted by atomic mass is 10.1. The fourth-order valence-electron chi connectivity index (χ4n) is 2.23. The number of hydrogen-bond donors (Lipinski definition) is 2. The lowest BCUT2D eigenvalue weighted by molar-refractivity contribution is 0.612. The summed E-state index contributed by atoms with van der Waals surface area (Å²) < 4.78 is 0.989. The molecule has 0 aliphatic heterocycles. The van der Waals surface area contributed by atoms with E-state index in [4.69, 9.17) is 5.73 Å². The van der Waals surface area contributed by atoms with Crippen LogP contribution >= 0.6 is 15.9 Å². The second kappa shape index (κ2) is 3.00. The molecule has 0 radical (unpaired) electrons. The highest BCUT2D eigenvalue weighted by Gasteiger charge is 2.48. The molecule has 0 saturated heterocycles. The molecule has 3 nitrogen and oxygen atoms in total. The van der Waals surface area contributed by atoms with Crippen LogP contribution in [0.5, 0.6) is 0 Å². The van der Waals surface area contributed by atoms with Gasteiger partial charge in [0.2, 0.25) is 0 Å². The first kappa shape index (κ1) is 10.1. The van der Waals surface area contributed by atoms with Gasteiger partial charge in [0.1, 0.15) is 11.3 Å². The zero-order chi connectivity index (χ0) is 11.5. The van der Waals surface area contributed by atoms with Crippen molar-refractivity contribution in [1.29, 1.82) is 0 Å². The molecule has 1 heterocycles. The van der Waals surface area contributed by atoms with Gasteiger partial charge in [0, 0.05) is 10.4 Å². The molecule has 1 aliphatic carbocycles. The molecule has 0 bridgehead atoms. The number of nitrogens with one attached hydrogen (secondary N) is 1. The third-order valence-corrected chi connectivity index (χ3v) is 3.90. The van der Waals surface area contributed by atoms with Crippen LogP contribution in [0.1, 0.15) is 32.0 Å². The fourth-order valence-corrected chi connectivity index (χ4v) is 2.70. The van der Waals surface area contributed by atoms with Crippen molar-refractivity contribution >= 4 is 32.7 Å². The van der Waals surface area contributed by atoms with Crippen molar-refractivity contribution in [1.82, 2.24) is 9.97 Å². The van der Waals surface area contributed by atoms with Gasteiger partial charge in [-0.15, -0.1) is 0 Å². The van der Waals surface area contributed by atoms with Crippen molar-refractivity contribution in [2.24, 2.45) is 5.41 Å². The fraction of sp³-hybridized carbons (Fsp3) is 0.417. The van der Waals surface area contributed by atoms with E-state index in [1.807, 2.05) is 12.1 Å². The Labute approximate surface area is 103 Å². The van der Waals surface area contributed by atoms with Crippen molar-refractivity contribution in [3.63, 3.8) is 0 Å². The number of nitrogen functional groups attached to an aromatic ring is 1. The van der Waals surface area contributed by atoms with Gasteiger partial charge >= 0.3 is 0 Å². The summed E-state index contributed by atoms with van der Waals surface area (Å²) in [5.41, 5.74) is 8.97. The number of aromatic nitrogens is 2. The molecule has 3 N–H and O–H groups in total. The summed E-state index contributed by atoms with van der Waals surface area (Å²) in [6, 6.07) is 3.92. The predicted octanol–water partition coefficient (Wildman–Crippen LogP) is 3.42. The van der Waals surface area contributed by atoms with E-state index in [2.05, 4.69) is 39.7 Å². The third kappa shape index (κ3) is 1.44. The molecular weight excluding hydrogens is 266 g/mol. The van der Waals surface area contributed by atoms with Gasteiger partial charge in [-0.25, -0.2) is 4.98 Å². The molecule has 1 unspecified atom stereocenters. The number of fused-ring (bicyclic) bond motifs is 1. The van der Waals surface area contributed by atoms with Gasteiger partial charge in [-0.2, -0.15) is 0 Å². The minimum Gasteiger partial charge on any atom is -0.397 e. The molecule has 1 fully saturated rings. The number of hydrogen-bond acceptors (Lipinski definition) is 2. The van der Waals surface area contributed by atoms with Gasteiger partial charge in [0.25, 0.3) is 0 Å². The molecule has 1 aliphatic rings. The molecule has 1 aromatic carbocycles. The van der Waals surface area contributed by atoms with E-state index >= 15 is 0 Å². The monoisotopic (exact) mass is 279 g/mol. The van der Waals surface area contributed by atoms with Crippen LogP contribution < -0.4 is 5.73 Å². The molecule has 0 amide bonds. The average molecular weight is 280 g/mol. The normalized spacial score (nSPS) is 22.6. The summed E-state index contributed by atoms with van der Waals surface area (Å²) in [5.74, 6) is 1.63. The van der Waals surface area contributed by atoms with Crippen LogP contribution in [0.4, 0.5) is 5.69 Å². The van der Waals surface area contributed by atoms with Crippen molar-refractivity contribution in [2.75, 3.05) is 5.73 Å². The number of benzene rings is 1. The predicted molar refractivity (Wildman–Crippen MR) is 69.3 cm³/mol.